The van der Waals surface area contributed by atoms with Gasteiger partial charge in [0.25, 0.3) is 0 Å². The number of thiazole rings is 1. The molecule has 3 N–H and O–H groups in total. The highest BCUT2D eigenvalue weighted by atomic mass is 32.2. The molecule has 0 fully saturated rings. The van der Waals surface area contributed by atoms with Gasteiger partial charge in [-0.15, -0.1) is 11.3 Å². The number of sulfonamides is 1. The van der Waals surface area contributed by atoms with Gasteiger partial charge in [-0.2, -0.15) is 0 Å². The summed E-state index contributed by atoms with van der Waals surface area (Å²) in [7, 11) is -3.95. The van der Waals surface area contributed by atoms with E-state index in [1.165, 1.54) is 23.5 Å². The van der Waals surface area contributed by atoms with Crippen LogP contribution in [0.1, 0.15) is 30.0 Å². The van der Waals surface area contributed by atoms with Gasteiger partial charge in [0.2, 0.25) is 10.0 Å². The van der Waals surface area contributed by atoms with E-state index in [9.17, 15) is 12.8 Å². The number of rotatable bonds is 6. The minimum Gasteiger partial charge on any atom is -0.326 e. The van der Waals surface area contributed by atoms with Crippen molar-refractivity contribution in [1.82, 2.24) is 9.71 Å². The third-order valence-corrected chi connectivity index (χ3v) is 5.37. The number of hydrogen-bond acceptors (Lipinski definition) is 5. The summed E-state index contributed by atoms with van der Waals surface area (Å²) in [5, 5.41) is 2.42. The predicted molar refractivity (Wildman–Crippen MR) is 79.8 cm³/mol. The second-order valence-corrected chi connectivity index (χ2v) is 7.03. The van der Waals surface area contributed by atoms with E-state index < -0.39 is 21.9 Å². The van der Waals surface area contributed by atoms with Gasteiger partial charge in [-0.05, 0) is 24.1 Å². The van der Waals surface area contributed by atoms with Crippen LogP contribution in [0.25, 0.3) is 0 Å². The Morgan fingerprint density at radius 1 is 1.48 bits per heavy atom. The standard InChI is InChI=1S/C13H16FN3O2S2/c1-2-11(13-16-5-6-20-13)17-21(18,19)12-4-3-9(8-15)7-10(12)14/h3-7,11,17H,2,8,15H2,1H3. The van der Waals surface area contributed by atoms with Crippen molar-refractivity contribution in [3.8, 4) is 0 Å². The van der Waals surface area contributed by atoms with Crippen molar-refractivity contribution in [1.29, 1.82) is 0 Å². The number of benzene rings is 1. The Labute approximate surface area is 127 Å². The summed E-state index contributed by atoms with van der Waals surface area (Å²) in [6.45, 7) is 1.99. The van der Waals surface area contributed by atoms with Crippen LogP contribution in [-0.4, -0.2) is 13.4 Å². The van der Waals surface area contributed by atoms with Crippen LogP contribution in [0.5, 0.6) is 0 Å². The smallest absolute Gasteiger partial charge is 0.244 e. The van der Waals surface area contributed by atoms with Crippen LogP contribution in [0.4, 0.5) is 4.39 Å². The highest BCUT2D eigenvalue weighted by molar-refractivity contribution is 7.89. The molecule has 0 saturated carbocycles. The largest absolute Gasteiger partial charge is 0.326 e. The van der Waals surface area contributed by atoms with Gasteiger partial charge in [0.05, 0.1) is 6.04 Å². The van der Waals surface area contributed by atoms with Crippen molar-refractivity contribution in [2.45, 2.75) is 30.8 Å². The van der Waals surface area contributed by atoms with Crippen molar-refractivity contribution >= 4 is 21.4 Å². The van der Waals surface area contributed by atoms with E-state index in [2.05, 4.69) is 9.71 Å². The fraction of sp³-hybridized carbons (Fsp3) is 0.308. The third-order valence-electron chi connectivity index (χ3n) is 2.98. The Morgan fingerprint density at radius 3 is 2.76 bits per heavy atom. The van der Waals surface area contributed by atoms with Crippen LogP contribution in [0, 0.1) is 5.82 Å². The van der Waals surface area contributed by atoms with Crippen LogP contribution in [0.2, 0.25) is 0 Å². The van der Waals surface area contributed by atoms with E-state index >= 15 is 0 Å². The van der Waals surface area contributed by atoms with Gasteiger partial charge >= 0.3 is 0 Å². The summed E-state index contributed by atoms with van der Waals surface area (Å²) >= 11 is 1.35. The van der Waals surface area contributed by atoms with Gasteiger partial charge in [-0.3, -0.25) is 0 Å². The fourth-order valence-corrected chi connectivity index (χ4v) is 4.04. The molecule has 0 aliphatic carbocycles. The van der Waals surface area contributed by atoms with Crippen molar-refractivity contribution in [2.75, 3.05) is 0 Å². The fourth-order valence-electron chi connectivity index (χ4n) is 1.85. The predicted octanol–water partition coefficient (Wildman–Crippen LogP) is 2.17. The number of nitrogens with one attached hydrogen (secondary N) is 1. The Hall–Kier alpha value is -1.35. The molecule has 5 nitrogen and oxygen atoms in total. The molecule has 0 radical (unpaired) electrons. The molecule has 0 aliphatic rings. The summed E-state index contributed by atoms with van der Waals surface area (Å²) in [6, 6.07) is 3.40. The van der Waals surface area contributed by atoms with Crippen LogP contribution >= 0.6 is 11.3 Å². The molecule has 1 heterocycles. The van der Waals surface area contributed by atoms with E-state index in [0.717, 1.165) is 6.07 Å². The van der Waals surface area contributed by atoms with E-state index in [-0.39, 0.29) is 11.4 Å². The molecule has 0 aliphatic heterocycles. The number of hydrogen-bond donors (Lipinski definition) is 2. The second kappa shape index (κ2) is 6.61. The molecule has 8 heteroatoms. The van der Waals surface area contributed by atoms with Gasteiger partial charge in [-0.1, -0.05) is 13.0 Å². The molecule has 0 saturated heterocycles. The first-order valence-corrected chi connectivity index (χ1v) is 8.74. The average molecular weight is 329 g/mol. The van der Waals surface area contributed by atoms with Crippen LogP contribution in [-0.2, 0) is 16.6 Å². The number of nitrogens with zero attached hydrogens (tertiary/aromatic N) is 1. The first kappa shape index (κ1) is 16.0. The molecule has 21 heavy (non-hydrogen) atoms. The van der Waals surface area contributed by atoms with Crippen LogP contribution in [0.15, 0.2) is 34.7 Å². The maximum atomic E-state index is 13.9. The first-order chi connectivity index (χ1) is 9.97. The summed E-state index contributed by atoms with van der Waals surface area (Å²) in [4.78, 5) is 3.72. The van der Waals surface area contributed by atoms with Crippen molar-refractivity contribution in [2.24, 2.45) is 5.73 Å². The maximum Gasteiger partial charge on any atom is 0.244 e. The molecule has 114 valence electrons. The average Bonchev–Trinajstić information content (AvgIpc) is 2.98. The molecule has 2 rings (SSSR count). The quantitative estimate of drug-likeness (QED) is 0.850. The van der Waals surface area contributed by atoms with E-state index in [1.807, 2.05) is 6.92 Å². The van der Waals surface area contributed by atoms with Crippen molar-refractivity contribution in [3.05, 3.63) is 46.2 Å². The summed E-state index contributed by atoms with van der Waals surface area (Å²) < 4.78 is 41.1. The SMILES string of the molecule is CCC(NS(=O)(=O)c1ccc(CN)cc1F)c1nccs1. The molecule has 1 atom stereocenters. The Morgan fingerprint density at radius 2 is 2.24 bits per heavy atom. The van der Waals surface area contributed by atoms with Gasteiger partial charge in [0, 0.05) is 18.1 Å². The highest BCUT2D eigenvalue weighted by Gasteiger charge is 2.24. The lowest BCUT2D eigenvalue weighted by molar-refractivity contribution is 0.534. The van der Waals surface area contributed by atoms with E-state index in [0.29, 0.717) is 17.0 Å². The summed E-state index contributed by atoms with van der Waals surface area (Å²) in [5.41, 5.74) is 5.95. The first-order valence-electron chi connectivity index (χ1n) is 6.38. The molecule has 0 amide bonds. The van der Waals surface area contributed by atoms with Gasteiger partial charge < -0.3 is 5.73 Å². The third kappa shape index (κ3) is 3.65. The molecular formula is C13H16FN3O2S2. The molecule has 0 spiro atoms. The van der Waals surface area contributed by atoms with Gasteiger partial charge in [0.15, 0.2) is 0 Å². The summed E-state index contributed by atoms with van der Waals surface area (Å²) in [5.74, 6) is -0.806. The normalized spacial score (nSPS) is 13.3. The maximum absolute atomic E-state index is 13.9. The number of nitrogens with two attached hydrogens (primary N) is 1. The Balaban J connectivity index is 2.29. The zero-order chi connectivity index (χ0) is 15.5. The van der Waals surface area contributed by atoms with Gasteiger partial charge in [0.1, 0.15) is 15.7 Å². The highest BCUT2D eigenvalue weighted by Crippen LogP contribution is 2.23. The number of aromatic nitrogens is 1. The second-order valence-electron chi connectivity index (χ2n) is 4.42. The molecular weight excluding hydrogens is 313 g/mol. The summed E-state index contributed by atoms with van der Waals surface area (Å²) in [6.07, 6.45) is 2.13. The lowest BCUT2D eigenvalue weighted by Gasteiger charge is -2.15. The zero-order valence-electron chi connectivity index (χ0n) is 11.4. The topological polar surface area (TPSA) is 85.1 Å². The van der Waals surface area contributed by atoms with E-state index in [4.69, 9.17) is 5.73 Å². The van der Waals surface area contributed by atoms with Crippen molar-refractivity contribution in [3.63, 3.8) is 0 Å². The molecule has 0 bridgehead atoms. The van der Waals surface area contributed by atoms with Crippen LogP contribution in [0.3, 0.4) is 0 Å². The van der Waals surface area contributed by atoms with Crippen molar-refractivity contribution < 1.29 is 12.8 Å². The van der Waals surface area contributed by atoms with E-state index in [1.54, 1.807) is 11.6 Å². The Kier molecular flexibility index (Phi) is 5.04. The van der Waals surface area contributed by atoms with Gasteiger partial charge in [-0.25, -0.2) is 22.5 Å². The minimum atomic E-state index is -3.95. The molecule has 1 unspecified atom stereocenters. The molecule has 1 aromatic heterocycles. The molecule has 2 aromatic rings. The number of halogens is 1. The monoisotopic (exact) mass is 329 g/mol. The lowest BCUT2D eigenvalue weighted by atomic mass is 10.2. The minimum absolute atomic E-state index is 0.154. The Bertz CT molecular complexity index is 702. The zero-order valence-corrected chi connectivity index (χ0v) is 13.0. The molecule has 1 aromatic carbocycles. The van der Waals surface area contributed by atoms with Crippen LogP contribution < -0.4 is 10.5 Å². The lowest BCUT2D eigenvalue weighted by Crippen LogP contribution is -2.29.